The van der Waals surface area contributed by atoms with E-state index in [0.717, 1.165) is 31.2 Å². The van der Waals surface area contributed by atoms with Gasteiger partial charge in [-0.25, -0.2) is 0 Å². The van der Waals surface area contributed by atoms with Gasteiger partial charge in [-0.3, -0.25) is 9.59 Å². The van der Waals surface area contributed by atoms with Gasteiger partial charge < -0.3 is 10.1 Å². The highest BCUT2D eigenvalue weighted by atomic mass is 32.1. The monoisotopic (exact) mass is 368 g/mol. The lowest BCUT2D eigenvalue weighted by Crippen LogP contribution is -2.20. The molecule has 2 aromatic rings. The minimum atomic E-state index is -0.297. The SMILES string of the molecule is CCC(=O)c1ccc(OCC(=O)Nc2sc3c(c2C#N)CCCC3)cc1. The van der Waals surface area contributed by atoms with Crippen LogP contribution in [-0.2, 0) is 17.6 Å². The first-order chi connectivity index (χ1) is 12.6. The number of nitriles is 1. The number of rotatable bonds is 6. The van der Waals surface area contributed by atoms with Crippen LogP contribution in [-0.4, -0.2) is 18.3 Å². The third-order valence-corrected chi connectivity index (χ3v) is 5.61. The van der Waals surface area contributed by atoms with Crippen molar-refractivity contribution in [1.29, 1.82) is 5.26 Å². The van der Waals surface area contributed by atoms with Crippen LogP contribution >= 0.6 is 11.3 Å². The number of aryl methyl sites for hydroxylation is 1. The number of amides is 1. The Morgan fingerprint density at radius 1 is 1.23 bits per heavy atom. The van der Waals surface area contributed by atoms with E-state index in [1.165, 1.54) is 16.2 Å². The topological polar surface area (TPSA) is 79.2 Å². The number of ketones is 1. The molecule has 1 N–H and O–H groups in total. The van der Waals surface area contributed by atoms with Gasteiger partial charge in [0.2, 0.25) is 0 Å². The quantitative estimate of drug-likeness (QED) is 0.778. The van der Waals surface area contributed by atoms with E-state index in [2.05, 4.69) is 11.4 Å². The van der Waals surface area contributed by atoms with Gasteiger partial charge in [-0.15, -0.1) is 11.3 Å². The van der Waals surface area contributed by atoms with E-state index in [1.807, 2.05) is 6.92 Å². The number of anilines is 1. The largest absolute Gasteiger partial charge is 0.484 e. The molecule has 0 fully saturated rings. The summed E-state index contributed by atoms with van der Waals surface area (Å²) in [6.07, 6.45) is 4.55. The van der Waals surface area contributed by atoms with E-state index in [1.54, 1.807) is 24.3 Å². The second-order valence-electron chi connectivity index (χ2n) is 6.16. The van der Waals surface area contributed by atoms with E-state index < -0.39 is 0 Å². The summed E-state index contributed by atoms with van der Waals surface area (Å²) >= 11 is 1.50. The summed E-state index contributed by atoms with van der Waals surface area (Å²) in [6, 6.07) is 8.98. The third kappa shape index (κ3) is 3.94. The van der Waals surface area contributed by atoms with Gasteiger partial charge in [-0.2, -0.15) is 5.26 Å². The van der Waals surface area contributed by atoms with Crippen molar-refractivity contribution >= 4 is 28.0 Å². The number of nitrogens with zero attached hydrogens (tertiary/aromatic N) is 1. The molecule has 1 aromatic heterocycles. The number of ether oxygens (including phenoxy) is 1. The van der Waals surface area contributed by atoms with Gasteiger partial charge in [0.1, 0.15) is 16.8 Å². The van der Waals surface area contributed by atoms with Gasteiger partial charge in [0, 0.05) is 16.9 Å². The predicted octanol–water partition coefficient (Wildman–Crippen LogP) is 4.11. The first kappa shape index (κ1) is 18.2. The maximum atomic E-state index is 12.2. The van der Waals surface area contributed by atoms with Crippen LogP contribution in [0.15, 0.2) is 24.3 Å². The lowest BCUT2D eigenvalue weighted by atomic mass is 9.96. The van der Waals surface area contributed by atoms with Crippen molar-refractivity contribution in [2.24, 2.45) is 0 Å². The molecule has 134 valence electrons. The summed E-state index contributed by atoms with van der Waals surface area (Å²) in [7, 11) is 0. The van der Waals surface area contributed by atoms with Gasteiger partial charge in [-0.05, 0) is 55.5 Å². The molecular formula is C20H20N2O3S. The summed E-state index contributed by atoms with van der Waals surface area (Å²) in [6.45, 7) is 1.67. The summed E-state index contributed by atoms with van der Waals surface area (Å²) in [5.41, 5.74) is 2.32. The number of carbonyl (C=O) groups is 2. The van der Waals surface area contributed by atoms with Crippen LogP contribution in [0.2, 0.25) is 0 Å². The fourth-order valence-electron chi connectivity index (χ4n) is 3.03. The molecule has 0 saturated heterocycles. The van der Waals surface area contributed by atoms with E-state index in [9.17, 15) is 14.9 Å². The molecule has 6 heteroatoms. The average Bonchev–Trinajstić information content (AvgIpc) is 3.03. The van der Waals surface area contributed by atoms with Crippen molar-refractivity contribution in [3.05, 3.63) is 45.8 Å². The van der Waals surface area contributed by atoms with Crippen LogP contribution in [0.5, 0.6) is 5.75 Å². The zero-order valence-corrected chi connectivity index (χ0v) is 15.4. The molecule has 1 amide bonds. The van der Waals surface area contributed by atoms with Crippen molar-refractivity contribution in [2.75, 3.05) is 11.9 Å². The fraction of sp³-hybridized carbons (Fsp3) is 0.350. The maximum absolute atomic E-state index is 12.2. The van der Waals surface area contributed by atoms with Crippen molar-refractivity contribution in [1.82, 2.24) is 0 Å². The molecule has 0 radical (unpaired) electrons. The van der Waals surface area contributed by atoms with Gasteiger partial charge in [-0.1, -0.05) is 6.92 Å². The molecule has 0 aliphatic heterocycles. The lowest BCUT2D eigenvalue weighted by molar-refractivity contribution is -0.118. The smallest absolute Gasteiger partial charge is 0.262 e. The van der Waals surface area contributed by atoms with Gasteiger partial charge >= 0.3 is 0 Å². The second-order valence-corrected chi connectivity index (χ2v) is 7.27. The van der Waals surface area contributed by atoms with Gasteiger partial charge in [0.05, 0.1) is 5.56 Å². The van der Waals surface area contributed by atoms with Gasteiger partial charge in [0.15, 0.2) is 12.4 Å². The van der Waals surface area contributed by atoms with Crippen LogP contribution < -0.4 is 10.1 Å². The molecule has 26 heavy (non-hydrogen) atoms. The average molecular weight is 368 g/mol. The summed E-state index contributed by atoms with van der Waals surface area (Å²) in [4.78, 5) is 25.0. The van der Waals surface area contributed by atoms with Crippen LogP contribution in [0.25, 0.3) is 0 Å². The Balaban J connectivity index is 1.60. The molecule has 5 nitrogen and oxygen atoms in total. The van der Waals surface area contributed by atoms with Crippen LogP contribution in [0, 0.1) is 11.3 Å². The van der Waals surface area contributed by atoms with Crippen LogP contribution in [0.4, 0.5) is 5.00 Å². The lowest BCUT2D eigenvalue weighted by Gasteiger charge is -2.09. The number of nitrogens with one attached hydrogen (secondary N) is 1. The molecule has 0 saturated carbocycles. The minimum absolute atomic E-state index is 0.0694. The normalized spacial score (nSPS) is 12.8. The zero-order valence-electron chi connectivity index (χ0n) is 14.6. The van der Waals surface area contributed by atoms with Crippen molar-refractivity contribution < 1.29 is 14.3 Å². The van der Waals surface area contributed by atoms with E-state index in [0.29, 0.717) is 28.3 Å². The first-order valence-electron chi connectivity index (χ1n) is 8.73. The highest BCUT2D eigenvalue weighted by molar-refractivity contribution is 7.16. The molecule has 0 spiro atoms. The second kappa shape index (κ2) is 8.15. The Labute approximate surface area is 156 Å². The number of hydrogen-bond donors (Lipinski definition) is 1. The zero-order chi connectivity index (χ0) is 18.5. The Morgan fingerprint density at radius 3 is 2.65 bits per heavy atom. The fourth-order valence-corrected chi connectivity index (χ4v) is 4.28. The molecule has 1 aromatic carbocycles. The molecule has 0 bridgehead atoms. The van der Waals surface area contributed by atoms with E-state index >= 15 is 0 Å². The molecule has 1 heterocycles. The summed E-state index contributed by atoms with van der Waals surface area (Å²) < 4.78 is 5.48. The molecule has 1 aliphatic rings. The maximum Gasteiger partial charge on any atom is 0.262 e. The first-order valence-corrected chi connectivity index (χ1v) is 9.54. The molecule has 0 atom stereocenters. The number of fused-ring (bicyclic) bond motifs is 1. The Hall–Kier alpha value is -2.65. The highest BCUT2D eigenvalue weighted by Crippen LogP contribution is 2.37. The number of hydrogen-bond acceptors (Lipinski definition) is 5. The van der Waals surface area contributed by atoms with E-state index in [4.69, 9.17) is 4.74 Å². The van der Waals surface area contributed by atoms with Crippen LogP contribution in [0.1, 0.15) is 52.5 Å². The molecular weight excluding hydrogens is 348 g/mol. The summed E-state index contributed by atoms with van der Waals surface area (Å²) in [5, 5.41) is 12.8. The Kier molecular flexibility index (Phi) is 5.69. The number of carbonyl (C=O) groups excluding carboxylic acids is 2. The standard InChI is InChI=1S/C20H20N2O3S/c1-2-17(23)13-7-9-14(10-8-13)25-12-19(24)22-20-16(11-21)15-5-3-4-6-18(15)26-20/h7-10H,2-6,12H2,1H3,(H,22,24). The van der Waals surface area contributed by atoms with Crippen molar-refractivity contribution in [2.45, 2.75) is 39.0 Å². The van der Waals surface area contributed by atoms with Crippen molar-refractivity contribution in [3.63, 3.8) is 0 Å². The summed E-state index contributed by atoms with van der Waals surface area (Å²) in [5.74, 6) is 0.299. The minimum Gasteiger partial charge on any atom is -0.484 e. The molecule has 3 rings (SSSR count). The van der Waals surface area contributed by atoms with Gasteiger partial charge in [0.25, 0.3) is 5.91 Å². The number of benzene rings is 1. The van der Waals surface area contributed by atoms with Crippen molar-refractivity contribution in [3.8, 4) is 11.8 Å². The van der Waals surface area contributed by atoms with E-state index in [-0.39, 0.29) is 18.3 Å². The Bertz CT molecular complexity index is 862. The third-order valence-electron chi connectivity index (χ3n) is 4.40. The number of thiophene rings is 1. The Morgan fingerprint density at radius 2 is 1.96 bits per heavy atom. The highest BCUT2D eigenvalue weighted by Gasteiger charge is 2.21. The predicted molar refractivity (Wildman–Crippen MR) is 101 cm³/mol. The number of Topliss-reactive ketones (excluding diaryl/α,β-unsaturated/α-hetero) is 1. The molecule has 0 unspecified atom stereocenters. The molecule has 1 aliphatic carbocycles. The van der Waals surface area contributed by atoms with Crippen LogP contribution in [0.3, 0.4) is 0 Å².